The van der Waals surface area contributed by atoms with Crippen molar-refractivity contribution >= 4 is 0 Å². The minimum atomic E-state index is -0.481. The summed E-state index contributed by atoms with van der Waals surface area (Å²) in [4.78, 5) is 4.07. The van der Waals surface area contributed by atoms with Crippen molar-refractivity contribution in [1.82, 2.24) is 4.98 Å². The van der Waals surface area contributed by atoms with Crippen LogP contribution in [0.3, 0.4) is 0 Å². The summed E-state index contributed by atoms with van der Waals surface area (Å²) in [5, 5.41) is 10.2. The number of aliphatic hydroxyl groups excluding tert-OH is 1. The van der Waals surface area contributed by atoms with E-state index in [4.69, 9.17) is 0 Å². The summed E-state index contributed by atoms with van der Waals surface area (Å²) < 4.78 is 0. The van der Waals surface area contributed by atoms with E-state index in [0.29, 0.717) is 6.42 Å². The number of benzene rings is 1. The second kappa shape index (κ2) is 5.11. The lowest BCUT2D eigenvalue weighted by Crippen LogP contribution is -2.04. The van der Waals surface area contributed by atoms with E-state index in [9.17, 15) is 5.11 Å². The zero-order valence-electron chi connectivity index (χ0n) is 10.2. The van der Waals surface area contributed by atoms with Crippen molar-refractivity contribution in [3.63, 3.8) is 0 Å². The Morgan fingerprint density at radius 1 is 1.24 bits per heavy atom. The molecule has 0 aliphatic heterocycles. The van der Waals surface area contributed by atoms with Gasteiger partial charge in [0.25, 0.3) is 0 Å². The molecular weight excluding hydrogens is 210 g/mol. The Kier molecular flexibility index (Phi) is 3.55. The molecule has 2 aromatic rings. The monoisotopic (exact) mass is 227 g/mol. The summed E-state index contributed by atoms with van der Waals surface area (Å²) in [6.45, 7) is 4.06. The molecule has 1 heterocycles. The molecule has 1 aromatic carbocycles. The third-order valence-electron chi connectivity index (χ3n) is 2.95. The van der Waals surface area contributed by atoms with E-state index in [1.54, 1.807) is 12.4 Å². The van der Waals surface area contributed by atoms with Crippen molar-refractivity contribution in [3.8, 4) is 0 Å². The first-order valence-electron chi connectivity index (χ1n) is 5.81. The first kappa shape index (κ1) is 11.8. The van der Waals surface area contributed by atoms with E-state index in [0.717, 1.165) is 16.7 Å². The van der Waals surface area contributed by atoms with Crippen LogP contribution in [0.1, 0.15) is 28.4 Å². The number of aryl methyl sites for hydroxylation is 2. The van der Waals surface area contributed by atoms with Crippen LogP contribution in [-0.4, -0.2) is 10.1 Å². The van der Waals surface area contributed by atoms with Gasteiger partial charge in [0.15, 0.2) is 0 Å². The van der Waals surface area contributed by atoms with Crippen LogP contribution < -0.4 is 0 Å². The number of nitrogens with zero attached hydrogens (tertiary/aromatic N) is 1. The van der Waals surface area contributed by atoms with Crippen LogP contribution in [0.15, 0.2) is 42.7 Å². The quantitative estimate of drug-likeness (QED) is 0.874. The molecule has 88 valence electrons. The number of aromatic nitrogens is 1. The molecule has 2 heteroatoms. The fourth-order valence-corrected chi connectivity index (χ4v) is 2.00. The van der Waals surface area contributed by atoms with Gasteiger partial charge in [-0.1, -0.05) is 29.8 Å². The largest absolute Gasteiger partial charge is 0.388 e. The van der Waals surface area contributed by atoms with Gasteiger partial charge in [-0.3, -0.25) is 4.98 Å². The summed E-state index contributed by atoms with van der Waals surface area (Å²) in [5.74, 6) is 0. The van der Waals surface area contributed by atoms with Crippen LogP contribution in [-0.2, 0) is 6.42 Å². The maximum Gasteiger partial charge on any atom is 0.0847 e. The molecule has 2 rings (SSSR count). The van der Waals surface area contributed by atoms with E-state index in [-0.39, 0.29) is 0 Å². The van der Waals surface area contributed by atoms with Crippen molar-refractivity contribution in [2.45, 2.75) is 26.4 Å². The van der Waals surface area contributed by atoms with E-state index in [2.05, 4.69) is 24.0 Å². The number of hydrogen-bond donors (Lipinski definition) is 1. The molecule has 17 heavy (non-hydrogen) atoms. The van der Waals surface area contributed by atoms with E-state index >= 15 is 0 Å². The number of hydrogen-bond acceptors (Lipinski definition) is 2. The van der Waals surface area contributed by atoms with Crippen molar-refractivity contribution in [2.75, 3.05) is 0 Å². The highest BCUT2D eigenvalue weighted by Crippen LogP contribution is 2.20. The van der Waals surface area contributed by atoms with E-state index in [1.807, 2.05) is 25.1 Å². The molecule has 2 nitrogen and oxygen atoms in total. The third-order valence-corrected chi connectivity index (χ3v) is 2.95. The number of rotatable bonds is 3. The van der Waals surface area contributed by atoms with Gasteiger partial charge in [-0.15, -0.1) is 0 Å². The second-order valence-electron chi connectivity index (χ2n) is 4.44. The first-order valence-corrected chi connectivity index (χ1v) is 5.81. The summed E-state index contributed by atoms with van der Waals surface area (Å²) in [7, 11) is 0. The Bertz CT molecular complexity index is 508. The van der Waals surface area contributed by atoms with E-state index in [1.165, 1.54) is 5.56 Å². The Morgan fingerprint density at radius 2 is 2.06 bits per heavy atom. The summed E-state index contributed by atoms with van der Waals surface area (Å²) in [6, 6.07) is 10.2. The maximum atomic E-state index is 10.2. The number of aliphatic hydroxyl groups is 1. The van der Waals surface area contributed by atoms with Gasteiger partial charge in [-0.05, 0) is 31.0 Å². The normalized spacial score (nSPS) is 12.4. The topological polar surface area (TPSA) is 33.1 Å². The van der Waals surface area contributed by atoms with Crippen LogP contribution in [0.5, 0.6) is 0 Å². The Morgan fingerprint density at radius 3 is 2.76 bits per heavy atom. The minimum absolute atomic E-state index is 0.481. The van der Waals surface area contributed by atoms with Crippen LogP contribution in [0.25, 0.3) is 0 Å². The molecule has 1 atom stereocenters. The highest BCUT2D eigenvalue weighted by molar-refractivity contribution is 5.28. The van der Waals surface area contributed by atoms with Gasteiger partial charge in [-0.25, -0.2) is 0 Å². The lowest BCUT2D eigenvalue weighted by atomic mass is 9.99. The van der Waals surface area contributed by atoms with Crippen LogP contribution in [0.2, 0.25) is 0 Å². The van der Waals surface area contributed by atoms with Gasteiger partial charge in [0.1, 0.15) is 0 Å². The first-order chi connectivity index (χ1) is 8.16. The molecular formula is C15H17NO. The SMILES string of the molecule is Cc1cccc(CC(O)c2cnccc2C)c1. The van der Waals surface area contributed by atoms with Gasteiger partial charge < -0.3 is 5.11 Å². The summed E-state index contributed by atoms with van der Waals surface area (Å²) >= 11 is 0. The zero-order chi connectivity index (χ0) is 12.3. The maximum absolute atomic E-state index is 10.2. The fraction of sp³-hybridized carbons (Fsp3) is 0.267. The lowest BCUT2D eigenvalue weighted by molar-refractivity contribution is 0.177. The highest BCUT2D eigenvalue weighted by atomic mass is 16.3. The number of pyridine rings is 1. The van der Waals surface area contributed by atoms with E-state index < -0.39 is 6.10 Å². The molecule has 1 unspecified atom stereocenters. The lowest BCUT2D eigenvalue weighted by Gasteiger charge is -2.13. The Labute approximate surface area is 102 Å². The smallest absolute Gasteiger partial charge is 0.0847 e. The van der Waals surface area contributed by atoms with Crippen LogP contribution in [0.4, 0.5) is 0 Å². The molecule has 0 saturated heterocycles. The standard InChI is InChI=1S/C15H17NO/c1-11-4-3-5-13(8-11)9-15(17)14-10-16-7-6-12(14)2/h3-8,10,15,17H,9H2,1-2H3. The van der Waals surface area contributed by atoms with Gasteiger partial charge in [0.2, 0.25) is 0 Å². The molecule has 0 fully saturated rings. The van der Waals surface area contributed by atoms with Crippen molar-refractivity contribution < 1.29 is 5.11 Å². The van der Waals surface area contributed by atoms with Crippen molar-refractivity contribution in [2.24, 2.45) is 0 Å². The highest BCUT2D eigenvalue weighted by Gasteiger charge is 2.11. The predicted octanol–water partition coefficient (Wildman–Crippen LogP) is 2.97. The Hall–Kier alpha value is -1.67. The molecule has 0 saturated carbocycles. The molecule has 0 radical (unpaired) electrons. The molecule has 0 aliphatic carbocycles. The van der Waals surface area contributed by atoms with Gasteiger partial charge >= 0.3 is 0 Å². The van der Waals surface area contributed by atoms with Gasteiger partial charge in [0, 0.05) is 24.4 Å². The van der Waals surface area contributed by atoms with Crippen LogP contribution in [0, 0.1) is 13.8 Å². The predicted molar refractivity (Wildman–Crippen MR) is 68.8 cm³/mol. The zero-order valence-corrected chi connectivity index (χ0v) is 10.2. The average Bonchev–Trinajstić information content (AvgIpc) is 2.29. The van der Waals surface area contributed by atoms with Gasteiger partial charge in [0.05, 0.1) is 6.10 Å². The van der Waals surface area contributed by atoms with Crippen LogP contribution >= 0.6 is 0 Å². The third kappa shape index (κ3) is 2.92. The molecule has 0 amide bonds. The molecule has 0 aliphatic rings. The molecule has 1 N–H and O–H groups in total. The molecule has 0 spiro atoms. The fourth-order valence-electron chi connectivity index (χ4n) is 2.00. The average molecular weight is 227 g/mol. The molecule has 1 aromatic heterocycles. The Balaban J connectivity index is 2.17. The summed E-state index contributed by atoms with van der Waals surface area (Å²) in [6.07, 6.45) is 3.65. The van der Waals surface area contributed by atoms with Crippen molar-refractivity contribution in [3.05, 3.63) is 65.0 Å². The molecule has 0 bridgehead atoms. The summed E-state index contributed by atoms with van der Waals surface area (Å²) in [5.41, 5.74) is 4.37. The van der Waals surface area contributed by atoms with Gasteiger partial charge in [-0.2, -0.15) is 0 Å². The van der Waals surface area contributed by atoms with Crippen molar-refractivity contribution in [1.29, 1.82) is 0 Å². The second-order valence-corrected chi connectivity index (χ2v) is 4.44. The minimum Gasteiger partial charge on any atom is -0.388 e.